The molecule has 0 radical (unpaired) electrons. The lowest BCUT2D eigenvalue weighted by molar-refractivity contribution is 0.473. The molecule has 2 aromatic heterocycles. The highest BCUT2D eigenvalue weighted by atomic mass is 15.3. The first-order valence-corrected chi connectivity index (χ1v) is 15.5. The third-order valence-electron chi connectivity index (χ3n) is 9.32. The molecule has 0 amide bonds. The Kier molecular flexibility index (Phi) is 5.69. The number of aliphatic imine (C=N–C) groups is 2. The zero-order valence-corrected chi connectivity index (χ0v) is 24.9. The van der Waals surface area contributed by atoms with Gasteiger partial charge in [0, 0.05) is 38.2 Å². The molecule has 216 valence electrons. The van der Waals surface area contributed by atoms with E-state index in [2.05, 4.69) is 161 Å². The van der Waals surface area contributed by atoms with Crippen LogP contribution in [-0.2, 0) is 0 Å². The van der Waals surface area contributed by atoms with Crippen molar-refractivity contribution in [1.29, 1.82) is 0 Å². The molecule has 5 aromatic carbocycles. The number of nitrogens with zero attached hydrogens (tertiary/aromatic N) is 4. The van der Waals surface area contributed by atoms with Crippen LogP contribution < -0.4 is 5.32 Å². The summed E-state index contributed by atoms with van der Waals surface area (Å²) in [5.41, 5.74) is 6.48. The molecule has 1 N–H and O–H groups in total. The van der Waals surface area contributed by atoms with Crippen LogP contribution in [0.15, 0.2) is 156 Å². The fraction of sp³-hybridized carbons (Fsp3) is 0.100. The van der Waals surface area contributed by atoms with Crippen LogP contribution in [-0.4, -0.2) is 20.8 Å². The number of allylic oxidation sites excluding steroid dienone is 3. The molecule has 9 rings (SSSR count). The normalized spacial score (nSPS) is 19.7. The first kappa shape index (κ1) is 25.8. The van der Waals surface area contributed by atoms with Crippen LogP contribution in [0.1, 0.15) is 25.2 Å². The van der Waals surface area contributed by atoms with Gasteiger partial charge in [-0.05, 0) is 37.6 Å². The molecule has 0 saturated carbocycles. The molecule has 0 spiro atoms. The number of amidine groups is 2. The van der Waals surface area contributed by atoms with Crippen LogP contribution >= 0.6 is 0 Å². The highest BCUT2D eigenvalue weighted by molar-refractivity contribution is 6.23. The maximum atomic E-state index is 5.36. The van der Waals surface area contributed by atoms with E-state index in [0.717, 1.165) is 40.4 Å². The van der Waals surface area contributed by atoms with E-state index in [1.165, 1.54) is 32.6 Å². The molecular formula is C40H31N5. The van der Waals surface area contributed by atoms with Crippen molar-refractivity contribution >= 4 is 55.3 Å². The van der Waals surface area contributed by atoms with Crippen molar-refractivity contribution in [1.82, 2.24) is 14.5 Å². The summed E-state index contributed by atoms with van der Waals surface area (Å²) >= 11 is 0. The Balaban J connectivity index is 1.39. The standard InChI is InChI=1S/C40H31N5/c1-40(25-13-4-14-26-40)38-41-37(27-15-5-2-6-16-27)42-39(43-38)45-34-22-12-10-20-30(34)32-24-23-31-29-19-9-11-21-33(29)44(35(31)36(32)45)28-17-7-3-8-18-28/h2-25,39H,26H2,1H3,(H,41,42,43). The number of benzene rings is 5. The maximum absolute atomic E-state index is 5.36. The van der Waals surface area contributed by atoms with Gasteiger partial charge in [0.25, 0.3) is 0 Å². The van der Waals surface area contributed by atoms with Crippen molar-refractivity contribution in [2.45, 2.75) is 19.6 Å². The van der Waals surface area contributed by atoms with E-state index in [1.807, 2.05) is 6.07 Å². The molecule has 3 heterocycles. The van der Waals surface area contributed by atoms with E-state index >= 15 is 0 Å². The van der Waals surface area contributed by atoms with Gasteiger partial charge in [-0.2, -0.15) is 0 Å². The van der Waals surface area contributed by atoms with E-state index in [1.54, 1.807) is 0 Å². The molecule has 5 heteroatoms. The van der Waals surface area contributed by atoms with Gasteiger partial charge in [-0.25, -0.2) is 9.98 Å². The maximum Gasteiger partial charge on any atom is 0.204 e. The second-order valence-corrected chi connectivity index (χ2v) is 12.1. The van der Waals surface area contributed by atoms with Gasteiger partial charge in [0.05, 0.1) is 22.1 Å². The summed E-state index contributed by atoms with van der Waals surface area (Å²) in [4.78, 5) is 10.5. The summed E-state index contributed by atoms with van der Waals surface area (Å²) in [6, 6.07) is 43.0. The number of hydrogen-bond donors (Lipinski definition) is 1. The van der Waals surface area contributed by atoms with E-state index in [-0.39, 0.29) is 5.41 Å². The fourth-order valence-electron chi connectivity index (χ4n) is 7.11. The topological polar surface area (TPSA) is 46.6 Å². The van der Waals surface area contributed by atoms with Crippen molar-refractivity contribution < 1.29 is 0 Å². The number of para-hydroxylation sites is 3. The Morgan fingerprint density at radius 3 is 2.04 bits per heavy atom. The lowest BCUT2D eigenvalue weighted by Crippen LogP contribution is -2.44. The van der Waals surface area contributed by atoms with Crippen LogP contribution in [0.2, 0.25) is 0 Å². The second kappa shape index (κ2) is 9.93. The number of aromatic nitrogens is 2. The van der Waals surface area contributed by atoms with Gasteiger partial charge in [-0.1, -0.05) is 121 Å². The average Bonchev–Trinajstić information content (AvgIpc) is 3.62. The van der Waals surface area contributed by atoms with Crippen LogP contribution in [0.3, 0.4) is 0 Å². The number of nitrogens with one attached hydrogen (secondary N) is 1. The molecule has 0 fully saturated rings. The molecule has 0 saturated heterocycles. The minimum Gasteiger partial charge on any atom is -0.334 e. The molecule has 0 bridgehead atoms. The second-order valence-electron chi connectivity index (χ2n) is 12.1. The first-order chi connectivity index (χ1) is 22.2. The minimum atomic E-state index is -0.418. The molecule has 5 nitrogen and oxygen atoms in total. The summed E-state index contributed by atoms with van der Waals surface area (Å²) in [6.45, 7) is 2.25. The molecule has 2 unspecified atom stereocenters. The lowest BCUT2D eigenvalue weighted by atomic mass is 9.82. The van der Waals surface area contributed by atoms with Gasteiger partial charge >= 0.3 is 0 Å². The van der Waals surface area contributed by atoms with Crippen molar-refractivity contribution in [3.05, 3.63) is 151 Å². The first-order valence-electron chi connectivity index (χ1n) is 15.5. The number of hydrogen-bond acceptors (Lipinski definition) is 3. The third kappa shape index (κ3) is 3.94. The van der Waals surface area contributed by atoms with Gasteiger partial charge in [0.15, 0.2) is 5.84 Å². The lowest BCUT2D eigenvalue weighted by Gasteiger charge is -2.34. The summed E-state index contributed by atoms with van der Waals surface area (Å²) in [5.74, 6) is 1.66. The number of fused-ring (bicyclic) bond motifs is 7. The Morgan fingerprint density at radius 1 is 0.667 bits per heavy atom. The SMILES string of the molecule is CC1(C2=NC(c3ccccc3)=NC(n3c4ccccc4c4ccc5c6ccccc6n(-c6ccccc6)c5c43)N2)C=CC=CC1. The van der Waals surface area contributed by atoms with Crippen LogP contribution in [0.4, 0.5) is 0 Å². The summed E-state index contributed by atoms with van der Waals surface area (Å²) in [5, 5.41) is 8.69. The smallest absolute Gasteiger partial charge is 0.204 e. The Hall–Kier alpha value is -5.68. The van der Waals surface area contributed by atoms with Crippen LogP contribution in [0.5, 0.6) is 0 Å². The van der Waals surface area contributed by atoms with Crippen LogP contribution in [0, 0.1) is 5.41 Å². The summed E-state index contributed by atoms with van der Waals surface area (Å²) < 4.78 is 4.81. The van der Waals surface area contributed by atoms with Gasteiger partial charge < -0.3 is 9.88 Å². The average molecular weight is 582 g/mol. The van der Waals surface area contributed by atoms with E-state index in [4.69, 9.17) is 9.98 Å². The highest BCUT2D eigenvalue weighted by Gasteiger charge is 2.34. The van der Waals surface area contributed by atoms with Gasteiger partial charge in [0.2, 0.25) is 6.29 Å². The Labute approximate surface area is 261 Å². The predicted molar refractivity (Wildman–Crippen MR) is 187 cm³/mol. The van der Waals surface area contributed by atoms with Crippen molar-refractivity contribution in [3.63, 3.8) is 0 Å². The van der Waals surface area contributed by atoms with E-state index in [0.29, 0.717) is 0 Å². The van der Waals surface area contributed by atoms with Gasteiger partial charge in [-0.15, -0.1) is 0 Å². The molecule has 2 aliphatic rings. The Morgan fingerprint density at radius 2 is 1.31 bits per heavy atom. The fourth-order valence-corrected chi connectivity index (χ4v) is 7.11. The van der Waals surface area contributed by atoms with E-state index in [9.17, 15) is 0 Å². The Bertz CT molecular complexity index is 2390. The monoisotopic (exact) mass is 581 g/mol. The zero-order chi connectivity index (χ0) is 30.0. The zero-order valence-electron chi connectivity index (χ0n) is 24.9. The molecular weight excluding hydrogens is 550 g/mol. The molecule has 2 atom stereocenters. The van der Waals surface area contributed by atoms with Gasteiger partial charge in [0.1, 0.15) is 5.84 Å². The summed E-state index contributed by atoms with van der Waals surface area (Å²) in [7, 11) is 0. The predicted octanol–water partition coefficient (Wildman–Crippen LogP) is 9.32. The van der Waals surface area contributed by atoms with E-state index < -0.39 is 6.29 Å². The van der Waals surface area contributed by atoms with Crippen LogP contribution in [0.25, 0.3) is 49.3 Å². The molecule has 1 aliphatic heterocycles. The number of rotatable bonds is 4. The molecule has 7 aromatic rings. The minimum absolute atomic E-state index is 0.282. The largest absolute Gasteiger partial charge is 0.334 e. The molecule has 45 heavy (non-hydrogen) atoms. The quantitative estimate of drug-likeness (QED) is 0.221. The third-order valence-corrected chi connectivity index (χ3v) is 9.32. The van der Waals surface area contributed by atoms with Gasteiger partial charge in [-0.3, -0.25) is 4.57 Å². The highest BCUT2D eigenvalue weighted by Crippen LogP contribution is 2.42. The van der Waals surface area contributed by atoms with Crippen molar-refractivity contribution in [2.75, 3.05) is 0 Å². The molecule has 1 aliphatic carbocycles. The summed E-state index contributed by atoms with van der Waals surface area (Å²) in [6.07, 6.45) is 9.15. The van der Waals surface area contributed by atoms with Crippen molar-refractivity contribution in [2.24, 2.45) is 15.4 Å². The van der Waals surface area contributed by atoms with Crippen molar-refractivity contribution in [3.8, 4) is 5.69 Å².